The smallest absolute Gasteiger partial charge is 0.336 e. The van der Waals surface area contributed by atoms with Gasteiger partial charge in [-0.25, -0.2) is 4.79 Å². The van der Waals surface area contributed by atoms with Crippen LogP contribution in [0, 0.1) is 11.3 Å². The first kappa shape index (κ1) is 23.7. The summed E-state index contributed by atoms with van der Waals surface area (Å²) in [6.07, 6.45) is 6.14. The van der Waals surface area contributed by atoms with E-state index in [-0.39, 0.29) is 11.3 Å². The van der Waals surface area contributed by atoms with E-state index in [2.05, 4.69) is 5.32 Å². The highest BCUT2D eigenvalue weighted by molar-refractivity contribution is 6.30. The second-order valence-electron chi connectivity index (χ2n) is 6.50. The van der Waals surface area contributed by atoms with Crippen LogP contribution in [0.15, 0.2) is 54.1 Å². The Kier molecular flexibility index (Phi) is 9.34. The van der Waals surface area contributed by atoms with Gasteiger partial charge in [-0.1, -0.05) is 43.1 Å². The fourth-order valence-electron chi connectivity index (χ4n) is 2.53. The number of amides is 1. The van der Waals surface area contributed by atoms with E-state index < -0.39 is 11.9 Å². The van der Waals surface area contributed by atoms with Crippen LogP contribution in [-0.4, -0.2) is 25.5 Å². The number of nitrogens with one attached hydrogen (secondary N) is 1. The Balaban J connectivity index is 2.11. The Morgan fingerprint density at radius 1 is 1.13 bits per heavy atom. The molecule has 2 aromatic rings. The molecule has 0 bridgehead atoms. The van der Waals surface area contributed by atoms with E-state index in [0.29, 0.717) is 22.9 Å². The Morgan fingerprint density at radius 3 is 2.48 bits per heavy atom. The average molecular weight is 439 g/mol. The van der Waals surface area contributed by atoms with Gasteiger partial charge in [0.1, 0.15) is 11.6 Å². The molecule has 0 aliphatic carbocycles. The number of halogens is 1. The molecule has 0 unspecified atom stereocenters. The summed E-state index contributed by atoms with van der Waals surface area (Å²) in [4.78, 5) is 24.3. The van der Waals surface area contributed by atoms with Crippen molar-refractivity contribution >= 4 is 35.6 Å². The molecule has 0 saturated carbocycles. The lowest BCUT2D eigenvalue weighted by Crippen LogP contribution is -2.25. The third kappa shape index (κ3) is 7.65. The summed E-state index contributed by atoms with van der Waals surface area (Å²) < 4.78 is 10.6. The number of nitrogens with zero attached hydrogens (tertiary/aromatic N) is 1. The largest absolute Gasteiger partial charge is 0.493 e. The van der Waals surface area contributed by atoms with Crippen LogP contribution in [0.4, 0.5) is 0 Å². The van der Waals surface area contributed by atoms with E-state index in [9.17, 15) is 14.9 Å². The van der Waals surface area contributed by atoms with Gasteiger partial charge in [0.2, 0.25) is 0 Å². The Bertz CT molecular complexity index is 1020. The summed E-state index contributed by atoms with van der Waals surface area (Å²) >= 11 is 5.84. The molecule has 7 heteroatoms. The topological polar surface area (TPSA) is 88.4 Å². The van der Waals surface area contributed by atoms with E-state index in [1.807, 2.05) is 13.0 Å². The SMILES string of the molecule is CCCCNC(=O)/C(C#N)=C/c1ccc(OC(=O)/C=C/c2ccc(Cl)cc2)c(OC)c1. The zero-order chi connectivity index (χ0) is 22.6. The van der Waals surface area contributed by atoms with E-state index in [1.165, 1.54) is 19.3 Å². The number of carbonyl (C=O) groups is 2. The highest BCUT2D eigenvalue weighted by Gasteiger charge is 2.12. The summed E-state index contributed by atoms with van der Waals surface area (Å²) in [6, 6.07) is 13.7. The number of carbonyl (C=O) groups excluding carboxylic acids is 2. The van der Waals surface area contributed by atoms with Gasteiger partial charge in [-0.15, -0.1) is 0 Å². The summed E-state index contributed by atoms with van der Waals surface area (Å²) in [5.74, 6) is -0.496. The summed E-state index contributed by atoms with van der Waals surface area (Å²) in [6.45, 7) is 2.53. The predicted octanol–water partition coefficient (Wildman–Crippen LogP) is 4.79. The second kappa shape index (κ2) is 12.2. The van der Waals surface area contributed by atoms with Crippen LogP contribution in [0.2, 0.25) is 5.02 Å². The highest BCUT2D eigenvalue weighted by atomic mass is 35.5. The van der Waals surface area contributed by atoms with Gasteiger partial charge in [0, 0.05) is 17.6 Å². The molecule has 0 aliphatic rings. The second-order valence-corrected chi connectivity index (χ2v) is 6.93. The van der Waals surface area contributed by atoms with E-state index in [4.69, 9.17) is 21.1 Å². The fraction of sp³-hybridized carbons (Fsp3) is 0.208. The van der Waals surface area contributed by atoms with Crippen molar-refractivity contribution in [3.8, 4) is 17.6 Å². The summed E-state index contributed by atoms with van der Waals surface area (Å²) in [5.41, 5.74) is 1.35. The molecule has 0 fully saturated rings. The zero-order valence-electron chi connectivity index (χ0n) is 17.4. The molecule has 6 nitrogen and oxygen atoms in total. The number of hydrogen-bond donors (Lipinski definition) is 1. The van der Waals surface area contributed by atoms with Crippen molar-refractivity contribution in [2.45, 2.75) is 19.8 Å². The van der Waals surface area contributed by atoms with Gasteiger partial charge in [0.25, 0.3) is 5.91 Å². The van der Waals surface area contributed by atoms with Gasteiger partial charge in [-0.2, -0.15) is 5.26 Å². The first-order valence-electron chi connectivity index (χ1n) is 9.70. The van der Waals surface area contributed by atoms with Gasteiger partial charge in [0.15, 0.2) is 11.5 Å². The molecule has 0 aromatic heterocycles. The third-order valence-corrected chi connectivity index (χ3v) is 4.42. The maximum atomic E-state index is 12.1. The molecule has 0 spiro atoms. The fourth-order valence-corrected chi connectivity index (χ4v) is 2.65. The molecule has 2 rings (SSSR count). The molecule has 1 amide bonds. The van der Waals surface area contributed by atoms with Gasteiger partial charge in [-0.3, -0.25) is 4.79 Å². The van der Waals surface area contributed by atoms with Crippen molar-refractivity contribution in [1.82, 2.24) is 5.32 Å². The van der Waals surface area contributed by atoms with Gasteiger partial charge in [-0.05, 0) is 54.0 Å². The normalized spacial score (nSPS) is 11.1. The lowest BCUT2D eigenvalue weighted by molar-refractivity contribution is -0.129. The molecule has 2 aromatic carbocycles. The van der Waals surface area contributed by atoms with E-state index >= 15 is 0 Å². The van der Waals surface area contributed by atoms with E-state index in [1.54, 1.807) is 48.5 Å². The molecular formula is C24H23ClN2O4. The number of rotatable bonds is 9. The van der Waals surface area contributed by atoms with Crippen LogP contribution < -0.4 is 14.8 Å². The van der Waals surface area contributed by atoms with Crippen molar-refractivity contribution in [3.63, 3.8) is 0 Å². The third-order valence-electron chi connectivity index (χ3n) is 4.17. The van der Waals surface area contributed by atoms with Crippen molar-refractivity contribution < 1.29 is 19.1 Å². The maximum Gasteiger partial charge on any atom is 0.336 e. The van der Waals surface area contributed by atoms with Crippen molar-refractivity contribution in [3.05, 3.63) is 70.3 Å². The molecule has 1 N–H and O–H groups in total. The van der Waals surface area contributed by atoms with Crippen molar-refractivity contribution in [2.24, 2.45) is 0 Å². The van der Waals surface area contributed by atoms with E-state index in [0.717, 1.165) is 18.4 Å². The molecular weight excluding hydrogens is 416 g/mol. The van der Waals surface area contributed by atoms with Gasteiger partial charge in [0.05, 0.1) is 7.11 Å². The molecule has 0 radical (unpaired) electrons. The molecule has 0 saturated heterocycles. The molecule has 0 heterocycles. The molecule has 0 atom stereocenters. The summed E-state index contributed by atoms with van der Waals surface area (Å²) in [5, 5.41) is 12.6. The number of unbranched alkanes of at least 4 members (excludes halogenated alkanes) is 1. The average Bonchev–Trinajstić information content (AvgIpc) is 2.78. The molecule has 31 heavy (non-hydrogen) atoms. The number of ether oxygens (including phenoxy) is 2. The lowest BCUT2D eigenvalue weighted by Gasteiger charge is -2.09. The minimum absolute atomic E-state index is 0.0196. The molecule has 0 aliphatic heterocycles. The van der Waals surface area contributed by atoms with Gasteiger partial charge < -0.3 is 14.8 Å². The van der Waals surface area contributed by atoms with Crippen molar-refractivity contribution in [2.75, 3.05) is 13.7 Å². The first-order chi connectivity index (χ1) is 15.0. The van der Waals surface area contributed by atoms with Crippen LogP contribution in [0.5, 0.6) is 11.5 Å². The Labute approximate surface area is 186 Å². The van der Waals surface area contributed by atoms with Crippen molar-refractivity contribution in [1.29, 1.82) is 5.26 Å². The predicted molar refractivity (Wildman–Crippen MR) is 121 cm³/mol. The maximum absolute atomic E-state index is 12.1. The van der Waals surface area contributed by atoms with Crippen LogP contribution in [-0.2, 0) is 9.59 Å². The highest BCUT2D eigenvalue weighted by Crippen LogP contribution is 2.29. The van der Waals surface area contributed by atoms with Crippen LogP contribution in [0.25, 0.3) is 12.2 Å². The molecule has 160 valence electrons. The first-order valence-corrected chi connectivity index (χ1v) is 10.1. The van der Waals surface area contributed by atoms with Crippen LogP contribution >= 0.6 is 11.6 Å². The summed E-state index contributed by atoms with van der Waals surface area (Å²) in [7, 11) is 1.44. The van der Waals surface area contributed by atoms with Crippen LogP contribution in [0.3, 0.4) is 0 Å². The quantitative estimate of drug-likeness (QED) is 0.200. The zero-order valence-corrected chi connectivity index (χ0v) is 18.1. The number of benzene rings is 2. The monoisotopic (exact) mass is 438 g/mol. The van der Waals surface area contributed by atoms with Crippen LogP contribution in [0.1, 0.15) is 30.9 Å². The van der Waals surface area contributed by atoms with Gasteiger partial charge >= 0.3 is 5.97 Å². The number of esters is 1. The number of nitriles is 1. The lowest BCUT2D eigenvalue weighted by atomic mass is 10.1. The Hall–Kier alpha value is -3.56. The minimum Gasteiger partial charge on any atom is -0.493 e. The Morgan fingerprint density at radius 2 is 1.84 bits per heavy atom. The number of hydrogen-bond acceptors (Lipinski definition) is 5. The standard InChI is InChI=1S/C24H23ClN2O4/c1-3-4-13-27-24(29)19(16-26)14-18-7-11-21(22(15-18)30-2)31-23(28)12-8-17-5-9-20(25)10-6-17/h5-12,14-15H,3-4,13H2,1-2H3,(H,27,29)/b12-8+,19-14+. The minimum atomic E-state index is -0.579. The number of methoxy groups -OCH3 is 1.